The normalized spacial score (nSPS) is 18.3. The Morgan fingerprint density at radius 1 is 1.48 bits per heavy atom. The molecule has 124 valence electrons. The minimum Gasteiger partial charge on any atom is -0.337 e. The highest BCUT2D eigenvalue weighted by Crippen LogP contribution is 2.29. The van der Waals surface area contributed by atoms with Gasteiger partial charge in [-0.1, -0.05) is 13.8 Å². The van der Waals surface area contributed by atoms with Crippen molar-refractivity contribution in [2.45, 2.75) is 51.9 Å². The van der Waals surface area contributed by atoms with Crippen LogP contribution in [0.1, 0.15) is 65.8 Å². The Bertz CT molecular complexity index is 663. The van der Waals surface area contributed by atoms with Crippen molar-refractivity contribution in [3.05, 3.63) is 33.5 Å². The summed E-state index contributed by atoms with van der Waals surface area (Å²) in [6.07, 6.45) is 7.04. The number of aryl methyl sites for hydroxylation is 2. The summed E-state index contributed by atoms with van der Waals surface area (Å²) >= 11 is 1.60. The minimum atomic E-state index is 0.0749. The Kier molecular flexibility index (Phi) is 5.10. The number of carbonyl (C=O) groups is 1. The number of rotatable bonds is 5. The van der Waals surface area contributed by atoms with E-state index in [2.05, 4.69) is 29.0 Å². The minimum absolute atomic E-state index is 0.0749. The zero-order valence-electron chi connectivity index (χ0n) is 13.8. The fourth-order valence-corrected chi connectivity index (χ4v) is 4.13. The fourth-order valence-electron chi connectivity index (χ4n) is 3.25. The topological polar surface area (TPSA) is 61.9 Å². The molecule has 1 amide bonds. The molecule has 0 aromatic carbocycles. The molecule has 1 aliphatic rings. The summed E-state index contributed by atoms with van der Waals surface area (Å²) in [6, 6.07) is 0. The monoisotopic (exact) mass is 332 g/mol. The molecule has 0 spiro atoms. The van der Waals surface area contributed by atoms with Gasteiger partial charge in [0.15, 0.2) is 0 Å². The van der Waals surface area contributed by atoms with Crippen molar-refractivity contribution in [2.75, 3.05) is 13.1 Å². The number of nitrogens with one attached hydrogen (secondary N) is 1. The van der Waals surface area contributed by atoms with Crippen LogP contribution in [-0.4, -0.2) is 39.1 Å². The molecule has 0 bridgehead atoms. The first-order chi connectivity index (χ1) is 11.2. The van der Waals surface area contributed by atoms with Gasteiger partial charge in [-0.2, -0.15) is 5.10 Å². The Balaban J connectivity index is 1.71. The molecule has 5 nitrogen and oxygen atoms in total. The van der Waals surface area contributed by atoms with Crippen LogP contribution >= 0.6 is 11.3 Å². The molecule has 0 radical (unpaired) electrons. The number of likely N-dealkylation sites (tertiary alicyclic amines) is 1. The van der Waals surface area contributed by atoms with Crippen LogP contribution in [0.2, 0.25) is 0 Å². The van der Waals surface area contributed by atoms with E-state index >= 15 is 0 Å². The van der Waals surface area contributed by atoms with Gasteiger partial charge in [-0.3, -0.25) is 9.89 Å². The lowest BCUT2D eigenvalue weighted by Crippen LogP contribution is -2.39. The molecule has 1 saturated heterocycles. The Hall–Kier alpha value is -1.69. The summed E-state index contributed by atoms with van der Waals surface area (Å²) in [4.78, 5) is 19.2. The van der Waals surface area contributed by atoms with Crippen LogP contribution in [0.25, 0.3) is 0 Å². The van der Waals surface area contributed by atoms with Crippen LogP contribution in [-0.2, 0) is 12.8 Å². The number of nitrogens with zero attached hydrogens (tertiary/aromatic N) is 3. The van der Waals surface area contributed by atoms with E-state index in [-0.39, 0.29) is 5.91 Å². The lowest BCUT2D eigenvalue weighted by atomic mass is 9.92. The van der Waals surface area contributed by atoms with Crippen molar-refractivity contribution in [1.82, 2.24) is 20.1 Å². The summed E-state index contributed by atoms with van der Waals surface area (Å²) in [7, 11) is 0. The molecule has 0 aliphatic carbocycles. The summed E-state index contributed by atoms with van der Waals surface area (Å²) in [6.45, 7) is 5.86. The van der Waals surface area contributed by atoms with E-state index < -0.39 is 0 Å². The molecule has 3 heterocycles. The van der Waals surface area contributed by atoms with Gasteiger partial charge in [-0.25, -0.2) is 4.98 Å². The van der Waals surface area contributed by atoms with Gasteiger partial charge < -0.3 is 4.90 Å². The summed E-state index contributed by atoms with van der Waals surface area (Å²) in [5.74, 6) is 0.435. The summed E-state index contributed by atoms with van der Waals surface area (Å²) in [5.41, 5.74) is 3.08. The van der Waals surface area contributed by atoms with E-state index in [1.165, 1.54) is 11.3 Å². The quantitative estimate of drug-likeness (QED) is 0.913. The smallest absolute Gasteiger partial charge is 0.273 e. The molecule has 6 heteroatoms. The maximum atomic E-state index is 12.7. The van der Waals surface area contributed by atoms with Gasteiger partial charge in [0.2, 0.25) is 0 Å². The number of H-pyrrole nitrogens is 1. The third-order valence-corrected chi connectivity index (χ3v) is 5.39. The van der Waals surface area contributed by atoms with Gasteiger partial charge in [0.05, 0.1) is 11.2 Å². The molecule has 2 aromatic rings. The third-order valence-electron chi connectivity index (χ3n) is 4.48. The lowest BCUT2D eigenvalue weighted by molar-refractivity contribution is 0.0700. The van der Waals surface area contributed by atoms with E-state index in [1.807, 2.05) is 16.5 Å². The van der Waals surface area contributed by atoms with Crippen molar-refractivity contribution in [3.63, 3.8) is 0 Å². The van der Waals surface area contributed by atoms with Crippen molar-refractivity contribution >= 4 is 17.2 Å². The molecule has 23 heavy (non-hydrogen) atoms. The number of amides is 1. The number of carbonyl (C=O) groups excluding carboxylic acids is 1. The van der Waals surface area contributed by atoms with Crippen molar-refractivity contribution < 1.29 is 4.79 Å². The average molecular weight is 332 g/mol. The number of hydrogen-bond donors (Lipinski definition) is 1. The summed E-state index contributed by atoms with van der Waals surface area (Å²) in [5, 5.41) is 10.3. The van der Waals surface area contributed by atoms with E-state index in [1.54, 1.807) is 11.3 Å². The van der Waals surface area contributed by atoms with Crippen LogP contribution in [0.3, 0.4) is 0 Å². The molecule has 1 aliphatic heterocycles. The highest BCUT2D eigenvalue weighted by Gasteiger charge is 2.28. The standard InChI is InChI=1S/C17H24N4OS/c1-3-6-15-19-14(11-23-15)17(22)21-8-5-7-13(10-21)16-12(4-2)9-18-20-16/h9,11,13H,3-8,10H2,1-2H3,(H,18,20)/t13-/m0/s1. The van der Waals surface area contributed by atoms with Gasteiger partial charge in [0, 0.05) is 30.1 Å². The van der Waals surface area contributed by atoms with Gasteiger partial charge in [-0.05, 0) is 37.7 Å². The maximum absolute atomic E-state index is 12.7. The first-order valence-corrected chi connectivity index (χ1v) is 9.36. The summed E-state index contributed by atoms with van der Waals surface area (Å²) < 4.78 is 0. The average Bonchev–Trinajstić information content (AvgIpc) is 3.23. The highest BCUT2D eigenvalue weighted by atomic mass is 32.1. The van der Waals surface area contributed by atoms with E-state index in [4.69, 9.17) is 0 Å². The Morgan fingerprint density at radius 3 is 3.13 bits per heavy atom. The van der Waals surface area contributed by atoms with Gasteiger partial charge in [0.1, 0.15) is 5.69 Å². The second-order valence-corrected chi connectivity index (χ2v) is 7.07. The molecule has 0 unspecified atom stereocenters. The second kappa shape index (κ2) is 7.25. The lowest BCUT2D eigenvalue weighted by Gasteiger charge is -2.32. The molecule has 2 aromatic heterocycles. The second-order valence-electron chi connectivity index (χ2n) is 6.13. The number of hydrogen-bond acceptors (Lipinski definition) is 4. The molecule has 0 saturated carbocycles. The number of aromatic amines is 1. The van der Waals surface area contributed by atoms with Crippen molar-refractivity contribution in [1.29, 1.82) is 0 Å². The first-order valence-electron chi connectivity index (χ1n) is 8.48. The van der Waals surface area contributed by atoms with Crippen LogP contribution in [0, 0.1) is 0 Å². The van der Waals surface area contributed by atoms with Crippen molar-refractivity contribution in [3.8, 4) is 0 Å². The van der Waals surface area contributed by atoms with Gasteiger partial charge in [-0.15, -0.1) is 11.3 Å². The molecular formula is C17H24N4OS. The maximum Gasteiger partial charge on any atom is 0.273 e. The molecular weight excluding hydrogens is 308 g/mol. The highest BCUT2D eigenvalue weighted by molar-refractivity contribution is 7.09. The Labute approximate surface area is 141 Å². The third kappa shape index (κ3) is 3.47. The SMILES string of the molecule is CCCc1nc(C(=O)N2CCC[C@H](c3[nH]ncc3CC)C2)cs1. The van der Waals surface area contributed by atoms with Crippen LogP contribution in [0.4, 0.5) is 0 Å². The Morgan fingerprint density at radius 2 is 2.35 bits per heavy atom. The first kappa shape index (κ1) is 16.2. The van der Waals surface area contributed by atoms with Crippen molar-refractivity contribution in [2.24, 2.45) is 0 Å². The number of aromatic nitrogens is 3. The van der Waals surface area contributed by atoms with Crippen LogP contribution in [0.15, 0.2) is 11.6 Å². The zero-order chi connectivity index (χ0) is 16.2. The molecule has 1 atom stereocenters. The fraction of sp³-hybridized carbons (Fsp3) is 0.588. The number of thiazole rings is 1. The van der Waals surface area contributed by atoms with Gasteiger partial charge >= 0.3 is 0 Å². The van der Waals surface area contributed by atoms with E-state index in [9.17, 15) is 4.79 Å². The largest absolute Gasteiger partial charge is 0.337 e. The molecule has 3 rings (SSSR count). The molecule has 1 fully saturated rings. The van der Waals surface area contributed by atoms with E-state index in [0.717, 1.165) is 50.2 Å². The zero-order valence-corrected chi connectivity index (χ0v) is 14.7. The predicted octanol–water partition coefficient (Wildman–Crippen LogP) is 3.40. The van der Waals surface area contributed by atoms with E-state index in [0.29, 0.717) is 11.6 Å². The molecule has 1 N–H and O–H groups in total. The van der Waals surface area contributed by atoms with Gasteiger partial charge in [0.25, 0.3) is 5.91 Å². The number of piperidine rings is 1. The van der Waals surface area contributed by atoms with Crippen LogP contribution in [0.5, 0.6) is 0 Å². The predicted molar refractivity (Wildman–Crippen MR) is 92.0 cm³/mol. The van der Waals surface area contributed by atoms with Crippen LogP contribution < -0.4 is 0 Å².